The number of aromatic amines is 1. The van der Waals surface area contributed by atoms with Crippen molar-refractivity contribution in [2.75, 3.05) is 5.32 Å². The number of carbonyl (C=O) groups is 1. The molecule has 0 fully saturated rings. The summed E-state index contributed by atoms with van der Waals surface area (Å²) in [5.41, 5.74) is 1.55. The van der Waals surface area contributed by atoms with Gasteiger partial charge >= 0.3 is 16.8 Å². The lowest BCUT2D eigenvalue weighted by molar-refractivity contribution is 0.102. The molecule has 2 N–H and O–H groups in total. The zero-order valence-electron chi connectivity index (χ0n) is 18.2. The Morgan fingerprint density at radius 1 is 1.03 bits per heavy atom. The van der Waals surface area contributed by atoms with Gasteiger partial charge in [-0.05, 0) is 55.0 Å². The molecule has 170 valence electrons. The topological polar surface area (TPSA) is 123 Å². The summed E-state index contributed by atoms with van der Waals surface area (Å²) >= 11 is 0. The number of nitrogens with one attached hydrogen (secondary N) is 2. The number of aromatic nitrogens is 5. The summed E-state index contributed by atoms with van der Waals surface area (Å²) in [5, 5.41) is 7.16. The largest absolute Gasteiger partial charge is 0.350 e. The van der Waals surface area contributed by atoms with Gasteiger partial charge in [0.1, 0.15) is 0 Å². The molecule has 0 aliphatic heterocycles. The molecule has 0 bridgehead atoms. The van der Waals surface area contributed by atoms with Gasteiger partial charge in [-0.2, -0.15) is 0 Å². The molecule has 2 aromatic carbocycles. The van der Waals surface area contributed by atoms with E-state index in [0.717, 1.165) is 5.56 Å². The fourth-order valence-electron chi connectivity index (χ4n) is 3.93. The molecule has 5 aromatic rings. The van der Waals surface area contributed by atoms with Crippen LogP contribution in [0.1, 0.15) is 22.8 Å². The van der Waals surface area contributed by atoms with Crippen LogP contribution in [0.2, 0.25) is 0 Å². The molecule has 0 aliphatic rings. The van der Waals surface area contributed by atoms with Crippen LogP contribution in [0, 0.1) is 0 Å². The van der Waals surface area contributed by atoms with Gasteiger partial charge in [0.15, 0.2) is 5.65 Å². The Labute approximate surface area is 191 Å². The second-order valence-electron chi connectivity index (χ2n) is 7.76. The maximum absolute atomic E-state index is 12.9. The van der Waals surface area contributed by atoms with Gasteiger partial charge in [0.2, 0.25) is 0 Å². The lowest BCUT2D eigenvalue weighted by atomic mass is 10.1. The number of H-pyrrole nitrogens is 1. The highest BCUT2D eigenvalue weighted by Gasteiger charge is 2.12. The summed E-state index contributed by atoms with van der Waals surface area (Å²) in [6.45, 7) is 2.36. The minimum atomic E-state index is -0.734. The number of hydrogen-bond donors (Lipinski definition) is 2. The van der Waals surface area contributed by atoms with Crippen molar-refractivity contribution in [2.45, 2.75) is 20.0 Å². The Kier molecular flexibility index (Phi) is 5.17. The van der Waals surface area contributed by atoms with Crippen molar-refractivity contribution in [3.05, 3.63) is 109 Å². The van der Waals surface area contributed by atoms with Crippen LogP contribution in [0.25, 0.3) is 16.7 Å². The van der Waals surface area contributed by atoms with Crippen LogP contribution >= 0.6 is 0 Å². The van der Waals surface area contributed by atoms with E-state index >= 15 is 0 Å². The molecule has 0 atom stereocenters. The van der Waals surface area contributed by atoms with Crippen molar-refractivity contribution < 1.29 is 4.79 Å². The molecule has 10 heteroatoms. The predicted molar refractivity (Wildman–Crippen MR) is 127 cm³/mol. The second kappa shape index (κ2) is 8.32. The van der Waals surface area contributed by atoms with E-state index in [4.69, 9.17) is 0 Å². The van der Waals surface area contributed by atoms with Crippen LogP contribution in [-0.4, -0.2) is 29.6 Å². The van der Waals surface area contributed by atoms with Crippen LogP contribution in [-0.2, 0) is 13.1 Å². The van der Waals surface area contributed by atoms with Crippen LogP contribution in [0.3, 0.4) is 0 Å². The van der Waals surface area contributed by atoms with Crippen LogP contribution in [0.4, 0.5) is 5.69 Å². The molecule has 0 radical (unpaired) electrons. The number of pyridine rings is 1. The summed E-state index contributed by atoms with van der Waals surface area (Å²) < 4.78 is 4.19. The average molecular weight is 456 g/mol. The first kappa shape index (κ1) is 21.1. The van der Waals surface area contributed by atoms with E-state index in [1.807, 2.05) is 12.1 Å². The van der Waals surface area contributed by atoms with Gasteiger partial charge in [0.05, 0.1) is 17.6 Å². The molecule has 3 heterocycles. The highest BCUT2D eigenvalue weighted by atomic mass is 16.2. The lowest BCUT2D eigenvalue weighted by Gasteiger charge is -2.10. The van der Waals surface area contributed by atoms with Gasteiger partial charge < -0.3 is 14.9 Å². The number of nitrogens with zero attached hydrogens (tertiary/aromatic N) is 4. The third-order valence-electron chi connectivity index (χ3n) is 5.56. The maximum Gasteiger partial charge on any atom is 0.350 e. The fraction of sp³-hybridized carbons (Fsp3) is 0.125. The lowest BCUT2D eigenvalue weighted by Crippen LogP contribution is -2.36. The molecule has 0 spiro atoms. The Hall–Kier alpha value is -4.73. The average Bonchev–Trinajstić information content (AvgIpc) is 3.15. The van der Waals surface area contributed by atoms with Gasteiger partial charge in [-0.25, -0.2) is 9.48 Å². The molecule has 0 saturated heterocycles. The summed E-state index contributed by atoms with van der Waals surface area (Å²) in [6.07, 6.45) is 1.66. The van der Waals surface area contributed by atoms with Gasteiger partial charge in [0, 0.05) is 24.0 Å². The number of fused-ring (bicyclic) bond motifs is 2. The summed E-state index contributed by atoms with van der Waals surface area (Å²) in [4.78, 5) is 51.9. The first-order chi connectivity index (χ1) is 16.4. The minimum absolute atomic E-state index is 0.246. The molecule has 3 aromatic heterocycles. The third kappa shape index (κ3) is 3.71. The number of amides is 1. The number of rotatable bonds is 5. The SMILES string of the molecule is CCn1c(=O)c(=O)[nH]c2cc(C(=O)Nc3cccc(Cn4nc5ccccn5c4=O)c3)ccc21. The van der Waals surface area contributed by atoms with Crippen LogP contribution < -0.4 is 22.1 Å². The van der Waals surface area contributed by atoms with E-state index < -0.39 is 11.1 Å². The highest BCUT2D eigenvalue weighted by molar-refractivity contribution is 6.05. The second-order valence-corrected chi connectivity index (χ2v) is 7.76. The molecular formula is C24H20N6O4. The Bertz CT molecular complexity index is 1740. The molecule has 34 heavy (non-hydrogen) atoms. The number of benzene rings is 2. The van der Waals surface area contributed by atoms with Crippen molar-refractivity contribution in [3.63, 3.8) is 0 Å². The molecule has 10 nitrogen and oxygen atoms in total. The molecule has 0 saturated carbocycles. The van der Waals surface area contributed by atoms with E-state index in [0.29, 0.717) is 34.5 Å². The zero-order valence-corrected chi connectivity index (χ0v) is 18.2. The van der Waals surface area contributed by atoms with Crippen molar-refractivity contribution >= 4 is 28.3 Å². The quantitative estimate of drug-likeness (QED) is 0.391. The van der Waals surface area contributed by atoms with Crippen molar-refractivity contribution in [1.29, 1.82) is 0 Å². The van der Waals surface area contributed by atoms with Crippen LogP contribution in [0.15, 0.2) is 81.2 Å². The van der Waals surface area contributed by atoms with E-state index in [1.165, 1.54) is 19.7 Å². The smallest absolute Gasteiger partial charge is 0.322 e. The molecular weight excluding hydrogens is 436 g/mol. The van der Waals surface area contributed by atoms with E-state index in [1.54, 1.807) is 55.6 Å². The monoisotopic (exact) mass is 456 g/mol. The Morgan fingerprint density at radius 2 is 1.88 bits per heavy atom. The standard InChI is InChI=1S/C24H20N6O4/c1-2-28-19-10-9-16(13-18(19)26-22(32)23(28)33)21(31)25-17-7-5-6-15(12-17)14-30-24(34)29-11-4-3-8-20(29)27-30/h3-13H,2,14H2,1H3,(H,25,31)(H,26,32). The van der Waals surface area contributed by atoms with Crippen molar-refractivity contribution in [3.8, 4) is 0 Å². The predicted octanol–water partition coefficient (Wildman–Crippen LogP) is 1.82. The van der Waals surface area contributed by atoms with E-state index in [9.17, 15) is 19.2 Å². The van der Waals surface area contributed by atoms with Crippen LogP contribution in [0.5, 0.6) is 0 Å². The third-order valence-corrected chi connectivity index (χ3v) is 5.56. The Balaban J connectivity index is 1.40. The molecule has 5 rings (SSSR count). The molecule has 0 aliphatic carbocycles. The number of anilines is 1. The van der Waals surface area contributed by atoms with Gasteiger partial charge in [-0.3, -0.25) is 18.8 Å². The molecule has 0 unspecified atom stereocenters. The molecule has 1 amide bonds. The van der Waals surface area contributed by atoms with Crippen molar-refractivity contribution in [2.24, 2.45) is 0 Å². The van der Waals surface area contributed by atoms with E-state index in [2.05, 4.69) is 15.4 Å². The first-order valence-corrected chi connectivity index (χ1v) is 10.7. The summed E-state index contributed by atoms with van der Waals surface area (Å²) in [7, 11) is 0. The zero-order chi connectivity index (χ0) is 23.8. The number of hydrogen-bond acceptors (Lipinski definition) is 5. The Morgan fingerprint density at radius 3 is 2.68 bits per heavy atom. The van der Waals surface area contributed by atoms with Gasteiger partial charge in [-0.15, -0.1) is 5.10 Å². The van der Waals surface area contributed by atoms with Gasteiger partial charge in [-0.1, -0.05) is 18.2 Å². The number of aryl methyl sites for hydroxylation is 1. The fourth-order valence-corrected chi connectivity index (χ4v) is 3.93. The number of carbonyl (C=O) groups excluding carboxylic acids is 1. The normalized spacial score (nSPS) is 11.2. The van der Waals surface area contributed by atoms with Gasteiger partial charge in [0.25, 0.3) is 5.91 Å². The first-order valence-electron chi connectivity index (χ1n) is 10.7. The minimum Gasteiger partial charge on any atom is -0.322 e. The summed E-state index contributed by atoms with van der Waals surface area (Å²) in [6, 6.07) is 17.2. The highest BCUT2D eigenvalue weighted by Crippen LogP contribution is 2.16. The summed E-state index contributed by atoms with van der Waals surface area (Å²) in [5.74, 6) is -0.376. The van der Waals surface area contributed by atoms with E-state index in [-0.39, 0.29) is 18.1 Å². The maximum atomic E-state index is 12.9. The van der Waals surface area contributed by atoms with Crippen molar-refractivity contribution in [1.82, 2.24) is 23.7 Å².